The van der Waals surface area contributed by atoms with E-state index in [9.17, 15) is 9.59 Å². The maximum atomic E-state index is 13.1. The fourth-order valence-electron chi connectivity index (χ4n) is 4.86. The number of rotatable bonds is 6. The van der Waals surface area contributed by atoms with Crippen LogP contribution in [-0.4, -0.2) is 77.0 Å². The molecule has 4 heterocycles. The van der Waals surface area contributed by atoms with Crippen molar-refractivity contribution >= 4 is 28.5 Å². The van der Waals surface area contributed by atoms with Gasteiger partial charge in [0.05, 0.1) is 19.3 Å². The van der Waals surface area contributed by atoms with Crippen molar-refractivity contribution in [2.75, 3.05) is 45.1 Å². The molecule has 0 bridgehead atoms. The van der Waals surface area contributed by atoms with Gasteiger partial charge in [0.2, 0.25) is 5.91 Å². The van der Waals surface area contributed by atoms with Crippen molar-refractivity contribution in [1.29, 1.82) is 0 Å². The smallest absolute Gasteiger partial charge is 0.267 e. The Morgan fingerprint density at radius 3 is 2.89 bits per heavy atom. The molecule has 2 aliphatic rings. The second-order valence-corrected chi connectivity index (χ2v) is 9.59. The molecule has 0 spiro atoms. The summed E-state index contributed by atoms with van der Waals surface area (Å²) < 4.78 is 5.99. The Morgan fingerprint density at radius 1 is 1.23 bits per heavy atom. The number of hydrogen-bond donors (Lipinski definition) is 3. The Bertz CT molecular complexity index is 1160. The zero-order valence-corrected chi connectivity index (χ0v) is 19.9. The number of amides is 2. The van der Waals surface area contributed by atoms with Gasteiger partial charge >= 0.3 is 0 Å². The number of benzene rings is 1. The number of H-pyrrole nitrogens is 1. The van der Waals surface area contributed by atoms with Gasteiger partial charge in [0, 0.05) is 54.9 Å². The zero-order chi connectivity index (χ0) is 24.4. The number of ether oxygens (including phenoxy) is 1. The first-order chi connectivity index (χ1) is 17.0. The number of nitrogens with zero attached hydrogens (tertiary/aromatic N) is 3. The molecule has 3 atom stereocenters. The highest BCUT2D eigenvalue weighted by Crippen LogP contribution is 2.25. The zero-order valence-electron chi connectivity index (χ0n) is 19.9. The summed E-state index contributed by atoms with van der Waals surface area (Å²) >= 11 is 0. The van der Waals surface area contributed by atoms with Gasteiger partial charge in [-0.15, -0.1) is 0 Å². The lowest BCUT2D eigenvalue weighted by Crippen LogP contribution is -2.49. The monoisotopic (exact) mass is 476 g/mol. The number of anilines is 1. The van der Waals surface area contributed by atoms with Gasteiger partial charge in [-0.1, -0.05) is 24.3 Å². The third-order valence-corrected chi connectivity index (χ3v) is 7.05. The van der Waals surface area contributed by atoms with Crippen molar-refractivity contribution in [3.63, 3.8) is 0 Å². The minimum atomic E-state index is -0.127. The molecule has 2 fully saturated rings. The molecule has 3 aromatic rings. The normalized spacial score (nSPS) is 23.0. The van der Waals surface area contributed by atoms with Gasteiger partial charge in [0.15, 0.2) is 0 Å². The van der Waals surface area contributed by atoms with Gasteiger partial charge in [0.1, 0.15) is 11.5 Å². The van der Waals surface area contributed by atoms with E-state index in [0.29, 0.717) is 44.3 Å². The van der Waals surface area contributed by atoms with E-state index >= 15 is 0 Å². The van der Waals surface area contributed by atoms with Crippen LogP contribution < -0.4 is 11.1 Å². The van der Waals surface area contributed by atoms with Crippen molar-refractivity contribution in [3.05, 3.63) is 59.9 Å². The molecule has 184 valence electrons. The van der Waals surface area contributed by atoms with Gasteiger partial charge in [0.25, 0.3) is 5.91 Å². The van der Waals surface area contributed by atoms with Crippen LogP contribution >= 0.6 is 0 Å². The number of hydrogen-bond acceptors (Lipinski definition) is 6. The van der Waals surface area contributed by atoms with Crippen LogP contribution in [0.15, 0.2) is 48.7 Å². The Balaban J connectivity index is 1.11. The third-order valence-electron chi connectivity index (χ3n) is 7.05. The summed E-state index contributed by atoms with van der Waals surface area (Å²) in [4.78, 5) is 37.1. The largest absolute Gasteiger partial charge is 0.384 e. The molecule has 1 unspecified atom stereocenters. The summed E-state index contributed by atoms with van der Waals surface area (Å²) in [6.45, 7) is 5.57. The molecule has 2 saturated heterocycles. The Hall–Kier alpha value is -3.43. The molecule has 0 radical (unpaired) electrons. The summed E-state index contributed by atoms with van der Waals surface area (Å²) in [7, 11) is 0. The SMILES string of the molecule is C[C@H]1CO[C@@H](c2ccc(N)nc2)CN1CC(=O)N1CCC(CNC(=O)c2cc3ccccc3[nH]2)C1. The lowest BCUT2D eigenvalue weighted by atomic mass is 10.1. The van der Waals surface area contributed by atoms with Crippen molar-refractivity contribution < 1.29 is 14.3 Å². The van der Waals surface area contributed by atoms with Crippen molar-refractivity contribution in [2.45, 2.75) is 25.5 Å². The van der Waals surface area contributed by atoms with Crippen molar-refractivity contribution in [1.82, 2.24) is 25.1 Å². The summed E-state index contributed by atoms with van der Waals surface area (Å²) in [5.41, 5.74) is 8.17. The van der Waals surface area contributed by atoms with Gasteiger partial charge in [-0.05, 0) is 37.5 Å². The summed E-state index contributed by atoms with van der Waals surface area (Å²) in [5.74, 6) is 0.739. The second kappa shape index (κ2) is 10.1. The van der Waals surface area contributed by atoms with E-state index < -0.39 is 0 Å². The number of aromatic amines is 1. The fraction of sp³-hybridized carbons (Fsp3) is 0.423. The number of nitrogens with two attached hydrogens (primary N) is 1. The molecule has 2 aliphatic heterocycles. The van der Waals surface area contributed by atoms with Crippen LogP contribution in [0.2, 0.25) is 0 Å². The van der Waals surface area contributed by atoms with Crippen LogP contribution in [0.1, 0.15) is 35.5 Å². The standard InChI is InChI=1S/C26H32N6O3/c1-17-16-35-23(20-6-7-24(27)28-12-20)14-32(17)15-25(33)31-9-8-18(13-31)11-29-26(34)22-10-19-4-2-3-5-21(19)30-22/h2-7,10,12,17-18,23,30H,8-9,11,13-16H2,1H3,(H2,27,28)(H,29,34)/t17-,18?,23+/m0/s1. The third kappa shape index (κ3) is 5.31. The van der Waals surface area contributed by atoms with E-state index in [1.165, 1.54) is 0 Å². The Morgan fingerprint density at radius 2 is 2.09 bits per heavy atom. The summed E-state index contributed by atoms with van der Waals surface area (Å²) in [6, 6.07) is 13.6. The van der Waals surface area contributed by atoms with E-state index in [1.807, 2.05) is 41.3 Å². The molecular weight excluding hydrogens is 444 g/mol. The Kier molecular flexibility index (Phi) is 6.70. The first kappa shape index (κ1) is 23.3. The van der Waals surface area contributed by atoms with Crippen molar-refractivity contribution in [2.24, 2.45) is 5.92 Å². The van der Waals surface area contributed by atoms with Gasteiger partial charge in [-0.3, -0.25) is 14.5 Å². The van der Waals surface area contributed by atoms with E-state index in [0.717, 1.165) is 29.4 Å². The molecule has 0 aliphatic carbocycles. The van der Waals surface area contributed by atoms with E-state index in [-0.39, 0.29) is 29.9 Å². The average Bonchev–Trinajstić information content (AvgIpc) is 3.52. The number of carbonyl (C=O) groups excluding carboxylic acids is 2. The molecule has 9 heteroatoms. The van der Waals surface area contributed by atoms with Crippen LogP contribution in [0.3, 0.4) is 0 Å². The Labute approximate surface area is 204 Å². The highest BCUT2D eigenvalue weighted by atomic mass is 16.5. The number of para-hydroxylation sites is 1. The highest BCUT2D eigenvalue weighted by molar-refractivity contribution is 5.97. The number of likely N-dealkylation sites (tertiary alicyclic amines) is 1. The molecule has 2 amide bonds. The maximum Gasteiger partial charge on any atom is 0.267 e. The number of aromatic nitrogens is 2. The quantitative estimate of drug-likeness (QED) is 0.502. The highest BCUT2D eigenvalue weighted by Gasteiger charge is 2.32. The number of morpholine rings is 1. The molecule has 4 N–H and O–H groups in total. The number of nitrogens with one attached hydrogen (secondary N) is 2. The topological polar surface area (TPSA) is 117 Å². The predicted molar refractivity (Wildman–Crippen MR) is 134 cm³/mol. The average molecular weight is 477 g/mol. The molecule has 9 nitrogen and oxygen atoms in total. The van der Waals surface area contributed by atoms with Gasteiger partial charge < -0.3 is 25.7 Å². The number of fused-ring (bicyclic) bond motifs is 1. The van der Waals surface area contributed by atoms with Crippen LogP contribution in [0.4, 0.5) is 5.82 Å². The fourth-order valence-corrected chi connectivity index (χ4v) is 4.86. The van der Waals surface area contributed by atoms with E-state index in [4.69, 9.17) is 10.5 Å². The van der Waals surface area contributed by atoms with E-state index in [1.54, 1.807) is 12.3 Å². The minimum absolute atomic E-state index is 0.115. The first-order valence-electron chi connectivity index (χ1n) is 12.2. The molecule has 0 saturated carbocycles. The van der Waals surface area contributed by atoms with Crippen LogP contribution in [0.5, 0.6) is 0 Å². The number of nitrogen functional groups attached to an aromatic ring is 1. The molecule has 2 aromatic heterocycles. The van der Waals surface area contributed by atoms with Gasteiger partial charge in [-0.25, -0.2) is 4.98 Å². The molecule has 35 heavy (non-hydrogen) atoms. The maximum absolute atomic E-state index is 13.1. The second-order valence-electron chi connectivity index (χ2n) is 9.59. The van der Waals surface area contributed by atoms with Crippen LogP contribution in [0, 0.1) is 5.92 Å². The number of pyridine rings is 1. The predicted octanol–water partition coefficient (Wildman–Crippen LogP) is 2.19. The molecule has 5 rings (SSSR count). The molecule has 1 aromatic carbocycles. The lowest BCUT2D eigenvalue weighted by molar-refractivity contribution is -0.135. The van der Waals surface area contributed by atoms with Crippen molar-refractivity contribution in [3.8, 4) is 0 Å². The van der Waals surface area contributed by atoms with E-state index in [2.05, 4.69) is 27.1 Å². The minimum Gasteiger partial charge on any atom is -0.384 e. The lowest BCUT2D eigenvalue weighted by Gasteiger charge is -2.38. The summed E-state index contributed by atoms with van der Waals surface area (Å²) in [6.07, 6.45) is 2.50. The first-order valence-corrected chi connectivity index (χ1v) is 12.2. The van der Waals surface area contributed by atoms with Gasteiger partial charge in [-0.2, -0.15) is 0 Å². The van der Waals surface area contributed by atoms with Crippen LogP contribution in [-0.2, 0) is 9.53 Å². The van der Waals surface area contributed by atoms with Crippen LogP contribution in [0.25, 0.3) is 10.9 Å². The molecular formula is C26H32N6O3. The number of carbonyl (C=O) groups is 2. The summed E-state index contributed by atoms with van der Waals surface area (Å²) in [5, 5.41) is 4.04.